The van der Waals surface area contributed by atoms with Gasteiger partial charge in [-0.1, -0.05) is 80.6 Å². The van der Waals surface area contributed by atoms with E-state index in [1.54, 1.807) is 0 Å². The van der Waals surface area contributed by atoms with Gasteiger partial charge >= 0.3 is 29.4 Å². The summed E-state index contributed by atoms with van der Waals surface area (Å²) in [4.78, 5) is 95.7. The van der Waals surface area contributed by atoms with E-state index in [4.69, 9.17) is 29.7 Å². The number of ether oxygens (including phenoxy) is 3. The monoisotopic (exact) mass is 1450 g/mol. The Labute approximate surface area is 566 Å². The Morgan fingerprint density at radius 1 is 0.889 bits per heavy atom. The number of amides is 2. The maximum atomic E-state index is 15.2. The van der Waals surface area contributed by atoms with Crippen molar-refractivity contribution in [2.75, 3.05) is 63.2 Å². The number of hydrogen-bond acceptors (Lipinski definition) is 19. The van der Waals surface area contributed by atoms with Gasteiger partial charge in [-0.15, -0.1) is 0 Å². The minimum Gasteiger partial charge on any atom is -0.744 e. The molecule has 5 aromatic carbocycles. The predicted molar refractivity (Wildman–Crippen MR) is 359 cm³/mol. The first-order valence-electron chi connectivity index (χ1n) is 31.8. The molecule has 4 aliphatic heterocycles. The summed E-state index contributed by atoms with van der Waals surface area (Å²) in [6.07, 6.45) is 2.92. The number of phosphoric acid groups is 3. The van der Waals surface area contributed by atoms with E-state index < -0.39 is 87.4 Å². The maximum absolute atomic E-state index is 15.2. The molecule has 0 aliphatic carbocycles. The number of alkyl halides is 1. The van der Waals surface area contributed by atoms with Crippen LogP contribution in [0.15, 0.2) is 82.6 Å². The van der Waals surface area contributed by atoms with Gasteiger partial charge in [0.1, 0.15) is 53.3 Å². The number of rotatable bonds is 28. The molecule has 2 aromatic heterocycles. The highest BCUT2D eigenvalue weighted by atomic mass is 32.2. The molecule has 7 aromatic rings. The summed E-state index contributed by atoms with van der Waals surface area (Å²) < 4.78 is 122. The number of halogens is 1. The number of nitrogen functional groups attached to an aromatic ring is 1. The molecule has 34 heteroatoms. The van der Waals surface area contributed by atoms with E-state index in [9.17, 15) is 60.7 Å². The molecule has 5 unspecified atom stereocenters. The zero-order valence-electron chi connectivity index (χ0n) is 54.2. The maximum Gasteiger partial charge on any atom is 0.490 e. The summed E-state index contributed by atoms with van der Waals surface area (Å²) >= 11 is 0. The Hall–Kier alpha value is -7.75. The van der Waals surface area contributed by atoms with Crippen LogP contribution in [-0.4, -0.2) is 135 Å². The molecule has 1 fully saturated rings. The Morgan fingerprint density at radius 2 is 1.60 bits per heavy atom. The number of carboxylic acid groups (broad SMARTS) is 1. The lowest BCUT2D eigenvalue weighted by atomic mass is 9.81. The van der Waals surface area contributed by atoms with Crippen molar-refractivity contribution in [3.8, 4) is 23.3 Å². The van der Waals surface area contributed by atoms with Gasteiger partial charge in [0.25, 0.3) is 11.5 Å². The number of carbonyl (C=O) groups excluding carboxylic acids is 2. The Bertz CT molecular complexity index is 4950. The second-order valence-corrected chi connectivity index (χ2v) is 31.7. The number of aromatic nitrogens is 3. The Kier molecular flexibility index (Phi) is 21.0. The van der Waals surface area contributed by atoms with Crippen LogP contribution in [0.3, 0.4) is 0 Å². The Morgan fingerprint density at radius 3 is 2.32 bits per heavy atom. The standard InChI is InChI=1S/C65H74FN8O21P3S/c1-64(2)36-72(56-43-19-11-9-17-41(43)45-31-46-42-18-10-12-20-44(42)57-55(59(46)93-58(45)54(56)64)65(3,4)37-73(57)27-14-6-8-22-52(76)77)26-13-5-7-21-50(75)69-33-39-24-23-38(30-49(39)99(87,88)89)61(78)68-25-29-90-28-15-16-40-34-74(60-53(40)62(79)71-63(67)70-60)51-32-47(66)48(92-51)35-91-97(83,84)95-98(85,86)94-96(80,81)82/h9-12,17-20,23-24,30-31,34,47-48,51H,5-8,13-14,21-22,25-29,32-33,35-37H2,1-4H3,(H10-,67,68,69,70,71,75,76,77,78,79,80,81,82,83,84,85,86,87,88,89). The van der Waals surface area contributed by atoms with Crippen molar-refractivity contribution in [1.29, 1.82) is 0 Å². The number of carboxylic acids is 1. The number of H-pyrrole nitrogens is 1. The molecule has 6 heterocycles. The molecule has 1 saturated heterocycles. The second kappa shape index (κ2) is 28.7. The van der Waals surface area contributed by atoms with Gasteiger partial charge in [-0.05, 0) is 80.1 Å². The quantitative estimate of drug-likeness (QED) is 0.00817. The average molecular weight is 1450 g/mol. The number of aliphatic carboxylic acids is 1. The largest absolute Gasteiger partial charge is 0.744 e. The van der Waals surface area contributed by atoms with Crippen molar-refractivity contribution in [3.05, 3.63) is 127 Å². The number of hydrogen-bond donors (Lipinski definition) is 9. The number of nitrogens with zero attached hydrogens (tertiary/aromatic N) is 4. The molecule has 5 atom stereocenters. The lowest BCUT2D eigenvalue weighted by Gasteiger charge is -2.28. The van der Waals surface area contributed by atoms with Crippen LogP contribution >= 0.6 is 23.5 Å². The van der Waals surface area contributed by atoms with Gasteiger partial charge in [-0.3, -0.25) is 28.7 Å². The molecule has 0 spiro atoms. The van der Waals surface area contributed by atoms with Crippen molar-refractivity contribution in [2.24, 2.45) is 0 Å². The highest BCUT2D eigenvalue weighted by Gasteiger charge is 2.47. The third-order valence-electron chi connectivity index (χ3n) is 17.7. The first kappa shape index (κ1) is 72.5. The first-order chi connectivity index (χ1) is 46.7. The summed E-state index contributed by atoms with van der Waals surface area (Å²) in [5.74, 6) is 4.95. The zero-order valence-corrected chi connectivity index (χ0v) is 57.7. The molecule has 0 bridgehead atoms. The minimum atomic E-state index is -5.85. The van der Waals surface area contributed by atoms with Crippen LogP contribution in [0.1, 0.15) is 130 Å². The van der Waals surface area contributed by atoms with Gasteiger partial charge in [-0.2, -0.15) is 13.6 Å². The van der Waals surface area contributed by atoms with E-state index in [-0.39, 0.29) is 89.6 Å². The summed E-state index contributed by atoms with van der Waals surface area (Å²) in [5.41, 5.74) is 8.79. The van der Waals surface area contributed by atoms with Crippen molar-refractivity contribution in [3.63, 3.8) is 0 Å². The van der Waals surface area contributed by atoms with E-state index in [1.165, 1.54) is 39.5 Å². The minimum absolute atomic E-state index is 0.0136. The van der Waals surface area contributed by atoms with Gasteiger partial charge < -0.3 is 69.3 Å². The number of benzene rings is 5. The number of fused-ring (bicyclic) bond motifs is 13. The fraction of sp³-hybridized carbons (Fsp3) is 0.415. The third kappa shape index (κ3) is 16.2. The summed E-state index contributed by atoms with van der Waals surface area (Å²) in [6.45, 7) is 10.2. The smallest absolute Gasteiger partial charge is 0.490 e. The number of nitrogens with one attached hydrogen (secondary N) is 3. The summed E-state index contributed by atoms with van der Waals surface area (Å²) in [5, 5.41) is 21.1. The lowest BCUT2D eigenvalue weighted by molar-refractivity contribution is -0.137. The number of carbonyl (C=O) groups is 3. The number of anilines is 2. The van der Waals surface area contributed by atoms with Gasteiger partial charge in [-0.25, -0.2) is 31.1 Å². The van der Waals surface area contributed by atoms with Gasteiger partial charge in [0.2, 0.25) is 17.2 Å². The molecule has 2 amide bonds. The summed E-state index contributed by atoms with van der Waals surface area (Å²) in [7, 11) is -22.3. The highest BCUT2D eigenvalue weighted by Crippen LogP contribution is 2.66. The first-order valence-corrected chi connectivity index (χ1v) is 37.7. The van der Waals surface area contributed by atoms with E-state index in [0.29, 0.717) is 25.8 Å². The molecule has 99 heavy (non-hydrogen) atoms. The van der Waals surface area contributed by atoms with Crippen LogP contribution < -0.4 is 46.7 Å². The SMILES string of the molecule is CC1(C)CN(CCCCCC(=O)O)c2c1c1c(c3ccccc23)C=c2c(c3c(c4ccccc24)=[N+](CCCCCC(=O)NCc2ccc(C(=O)NCCOCC#Cc4cn(C5CC(F)C(COP(=O)(O)OP(=O)(O)OP(=O)(O)O)O5)c5nc(N)[nH]c(=O)c45)cc2S(=O)(=O)[O-])CC3(C)C)O1. The number of aromatic amines is 1. The number of phosphoric ester groups is 1. The van der Waals surface area contributed by atoms with E-state index in [2.05, 4.69) is 137 Å². The molecule has 10 N–H and O–H groups in total. The van der Waals surface area contributed by atoms with Crippen LogP contribution in [0.5, 0.6) is 11.5 Å². The molecule has 11 rings (SSSR count). The van der Waals surface area contributed by atoms with Gasteiger partial charge in [0, 0.05) is 90.8 Å². The molecule has 4 aliphatic rings. The predicted octanol–water partition coefficient (Wildman–Crippen LogP) is 6.62. The molecule has 528 valence electrons. The number of unbranched alkanes of at least 4 members (excludes halogenated alkanes) is 4. The topological polar surface area (TPSA) is 423 Å². The third-order valence-corrected chi connectivity index (χ3v) is 22.4. The number of nitrogens with two attached hydrogens (primary N) is 1. The molecule has 0 saturated carbocycles. The van der Waals surface area contributed by atoms with Crippen LogP contribution in [0, 0.1) is 11.8 Å². The second-order valence-electron chi connectivity index (χ2n) is 25.9. The van der Waals surface area contributed by atoms with Crippen LogP contribution in [-0.2, 0) is 73.4 Å². The van der Waals surface area contributed by atoms with Crippen molar-refractivity contribution in [1.82, 2.24) is 29.7 Å². The lowest BCUT2D eigenvalue weighted by Crippen LogP contribution is -2.31. The fourth-order valence-corrected chi connectivity index (χ4v) is 17.4. The van der Waals surface area contributed by atoms with Crippen LogP contribution in [0.4, 0.5) is 16.0 Å². The zero-order chi connectivity index (χ0) is 71.1. The summed E-state index contributed by atoms with van der Waals surface area (Å²) in [6, 6.07) is 20.5. The van der Waals surface area contributed by atoms with E-state index in [1.807, 2.05) is 0 Å². The van der Waals surface area contributed by atoms with Crippen molar-refractivity contribution in [2.45, 2.75) is 126 Å². The van der Waals surface area contributed by atoms with Crippen LogP contribution in [0.25, 0.3) is 38.7 Å². The normalized spacial score (nSPS) is 18.7. The fourth-order valence-electron chi connectivity index (χ4n) is 13.6. The molecular formula is C65H74FN8O21P3S. The van der Waals surface area contributed by atoms with Gasteiger partial charge in [0.15, 0.2) is 12.2 Å². The molecular weight excluding hydrogens is 1370 g/mol. The highest BCUT2D eigenvalue weighted by molar-refractivity contribution is 7.85. The van der Waals surface area contributed by atoms with Crippen LogP contribution in [0.2, 0.25) is 0 Å². The molecule has 0 radical (unpaired) electrons. The molecule has 29 nitrogen and oxygen atoms in total. The Balaban J connectivity index is 0.677. The van der Waals surface area contributed by atoms with Crippen molar-refractivity contribution >= 4 is 102 Å². The van der Waals surface area contributed by atoms with E-state index in [0.717, 1.165) is 94.3 Å². The average Bonchev–Trinajstić information content (AvgIpc) is 1.62. The van der Waals surface area contributed by atoms with E-state index >= 15 is 4.39 Å². The van der Waals surface area contributed by atoms with Crippen molar-refractivity contribution < 1.29 is 97.5 Å². The van der Waals surface area contributed by atoms with Gasteiger partial charge in [0.05, 0.1) is 51.1 Å².